The highest BCUT2D eigenvalue weighted by molar-refractivity contribution is 5.91. The largest absolute Gasteiger partial charge is 0.471 e. The summed E-state index contributed by atoms with van der Waals surface area (Å²) in [6.07, 6.45) is 7.10. The van der Waals surface area contributed by atoms with Crippen LogP contribution in [0.15, 0.2) is 47.2 Å². The number of rotatable bonds is 4. The maximum absolute atomic E-state index is 12.1. The minimum atomic E-state index is -0.0448. The van der Waals surface area contributed by atoms with Gasteiger partial charge in [-0.3, -0.25) is 4.79 Å². The van der Waals surface area contributed by atoms with Gasteiger partial charge in [0.1, 0.15) is 11.9 Å². The minimum absolute atomic E-state index is 0.0392. The van der Waals surface area contributed by atoms with E-state index in [1.54, 1.807) is 47.7 Å². The van der Waals surface area contributed by atoms with Crippen LogP contribution in [-0.2, 0) is 4.79 Å². The van der Waals surface area contributed by atoms with Crippen LogP contribution in [0.1, 0.15) is 12.2 Å². The molecular weight excluding hydrogens is 270 g/mol. The first kappa shape index (κ1) is 13.4. The van der Waals surface area contributed by atoms with Crippen LogP contribution in [0.25, 0.3) is 6.08 Å². The SMILES string of the molecule is O=C(/C=C/c1ccco1)N1CCC(Oc2cccnn2)C1. The van der Waals surface area contributed by atoms with Crippen molar-refractivity contribution in [2.75, 3.05) is 13.1 Å². The van der Waals surface area contributed by atoms with Crippen LogP contribution in [-0.4, -0.2) is 40.2 Å². The number of likely N-dealkylation sites (tertiary alicyclic amines) is 1. The van der Waals surface area contributed by atoms with Gasteiger partial charge in [0.15, 0.2) is 0 Å². The Bertz CT molecular complexity index is 610. The van der Waals surface area contributed by atoms with Gasteiger partial charge in [-0.1, -0.05) is 0 Å². The van der Waals surface area contributed by atoms with Gasteiger partial charge in [0.2, 0.25) is 11.8 Å². The smallest absolute Gasteiger partial charge is 0.246 e. The second-order valence-corrected chi connectivity index (χ2v) is 4.72. The molecule has 1 aliphatic rings. The Hall–Kier alpha value is -2.63. The zero-order valence-corrected chi connectivity index (χ0v) is 11.4. The number of carbonyl (C=O) groups excluding carboxylic acids is 1. The van der Waals surface area contributed by atoms with Crippen LogP contribution in [0, 0.1) is 0 Å². The first-order valence-electron chi connectivity index (χ1n) is 6.76. The molecule has 0 aliphatic carbocycles. The van der Waals surface area contributed by atoms with E-state index in [9.17, 15) is 4.79 Å². The summed E-state index contributed by atoms with van der Waals surface area (Å²) >= 11 is 0. The van der Waals surface area contributed by atoms with Gasteiger partial charge in [-0.15, -0.1) is 5.10 Å². The van der Waals surface area contributed by atoms with Crippen LogP contribution in [0.4, 0.5) is 0 Å². The molecule has 1 saturated heterocycles. The van der Waals surface area contributed by atoms with Gasteiger partial charge in [-0.25, -0.2) is 0 Å². The third kappa shape index (κ3) is 3.47. The molecule has 0 aromatic carbocycles. The average molecular weight is 285 g/mol. The molecule has 2 aromatic heterocycles. The molecule has 6 heteroatoms. The molecule has 2 aromatic rings. The number of hydrogen-bond donors (Lipinski definition) is 0. The Balaban J connectivity index is 1.53. The van der Waals surface area contributed by atoms with E-state index < -0.39 is 0 Å². The molecule has 1 fully saturated rings. The van der Waals surface area contributed by atoms with Crippen molar-refractivity contribution >= 4 is 12.0 Å². The fraction of sp³-hybridized carbons (Fsp3) is 0.267. The Morgan fingerprint density at radius 3 is 3.14 bits per heavy atom. The number of furan rings is 1. The first-order chi connectivity index (χ1) is 10.3. The highest BCUT2D eigenvalue weighted by Gasteiger charge is 2.26. The zero-order chi connectivity index (χ0) is 14.5. The molecule has 0 spiro atoms. The third-order valence-electron chi connectivity index (χ3n) is 3.23. The Kier molecular flexibility index (Phi) is 3.95. The molecule has 1 amide bonds. The lowest BCUT2D eigenvalue weighted by atomic mass is 10.3. The number of nitrogens with zero attached hydrogens (tertiary/aromatic N) is 3. The molecule has 3 heterocycles. The summed E-state index contributed by atoms with van der Waals surface area (Å²) in [4.78, 5) is 13.8. The fourth-order valence-corrected chi connectivity index (χ4v) is 2.19. The van der Waals surface area contributed by atoms with Gasteiger partial charge >= 0.3 is 0 Å². The highest BCUT2D eigenvalue weighted by Crippen LogP contribution is 2.16. The van der Waals surface area contributed by atoms with Gasteiger partial charge in [-0.05, 0) is 24.3 Å². The molecule has 1 atom stereocenters. The first-order valence-corrected chi connectivity index (χ1v) is 6.76. The molecule has 0 N–H and O–H groups in total. The van der Waals surface area contributed by atoms with Crippen molar-refractivity contribution in [3.8, 4) is 5.88 Å². The van der Waals surface area contributed by atoms with E-state index in [1.807, 2.05) is 0 Å². The van der Waals surface area contributed by atoms with Crippen molar-refractivity contribution in [1.82, 2.24) is 15.1 Å². The molecular formula is C15H15N3O3. The average Bonchev–Trinajstić information content (AvgIpc) is 3.17. The Morgan fingerprint density at radius 2 is 2.38 bits per heavy atom. The number of hydrogen-bond acceptors (Lipinski definition) is 5. The molecule has 3 rings (SSSR count). The van der Waals surface area contributed by atoms with Crippen molar-refractivity contribution < 1.29 is 13.9 Å². The van der Waals surface area contributed by atoms with Crippen LogP contribution < -0.4 is 4.74 Å². The summed E-state index contributed by atoms with van der Waals surface area (Å²) in [6.45, 7) is 1.23. The summed E-state index contributed by atoms with van der Waals surface area (Å²) in [5.74, 6) is 1.11. The normalized spacial score (nSPS) is 18.3. The quantitative estimate of drug-likeness (QED) is 0.801. The summed E-state index contributed by atoms with van der Waals surface area (Å²) in [5.41, 5.74) is 0. The molecule has 1 aliphatic heterocycles. The lowest BCUT2D eigenvalue weighted by molar-refractivity contribution is -0.125. The zero-order valence-electron chi connectivity index (χ0n) is 11.4. The van der Waals surface area contributed by atoms with Crippen LogP contribution in [0.5, 0.6) is 5.88 Å². The van der Waals surface area contributed by atoms with E-state index >= 15 is 0 Å². The van der Waals surface area contributed by atoms with E-state index in [1.165, 1.54) is 6.08 Å². The van der Waals surface area contributed by atoms with Gasteiger partial charge in [-0.2, -0.15) is 5.10 Å². The molecule has 108 valence electrons. The molecule has 6 nitrogen and oxygen atoms in total. The van der Waals surface area contributed by atoms with Crippen LogP contribution in [0.3, 0.4) is 0 Å². The summed E-state index contributed by atoms with van der Waals surface area (Å²) in [5, 5.41) is 7.64. The Labute approximate surface area is 122 Å². The van der Waals surface area contributed by atoms with Gasteiger partial charge in [0.25, 0.3) is 0 Å². The van der Waals surface area contributed by atoms with Crippen molar-refractivity contribution in [2.24, 2.45) is 0 Å². The lowest BCUT2D eigenvalue weighted by Crippen LogP contribution is -2.29. The van der Waals surface area contributed by atoms with Crippen LogP contribution >= 0.6 is 0 Å². The van der Waals surface area contributed by atoms with E-state index in [-0.39, 0.29) is 12.0 Å². The third-order valence-corrected chi connectivity index (χ3v) is 3.23. The minimum Gasteiger partial charge on any atom is -0.471 e. The second kappa shape index (κ2) is 6.21. The molecule has 0 bridgehead atoms. The maximum Gasteiger partial charge on any atom is 0.246 e. The maximum atomic E-state index is 12.1. The number of carbonyl (C=O) groups is 1. The monoisotopic (exact) mass is 285 g/mol. The molecule has 0 radical (unpaired) electrons. The van der Waals surface area contributed by atoms with Crippen molar-refractivity contribution in [3.63, 3.8) is 0 Å². The summed E-state index contributed by atoms with van der Waals surface area (Å²) in [6, 6.07) is 7.11. The second-order valence-electron chi connectivity index (χ2n) is 4.72. The van der Waals surface area contributed by atoms with Crippen molar-refractivity contribution in [3.05, 3.63) is 48.6 Å². The predicted octanol–water partition coefficient (Wildman–Crippen LogP) is 1.76. The van der Waals surface area contributed by atoms with Gasteiger partial charge in [0, 0.05) is 31.3 Å². The summed E-state index contributed by atoms with van der Waals surface area (Å²) < 4.78 is 10.8. The number of amides is 1. The standard InChI is InChI=1S/C15H15N3O3/c19-15(6-5-12-3-2-10-20-12)18-9-7-13(11-18)21-14-4-1-8-16-17-14/h1-6,8,10,13H,7,9,11H2/b6-5+. The number of ether oxygens (including phenoxy) is 1. The topological polar surface area (TPSA) is 68.5 Å². The van der Waals surface area contributed by atoms with E-state index in [0.717, 1.165) is 6.42 Å². The van der Waals surface area contributed by atoms with Crippen molar-refractivity contribution in [2.45, 2.75) is 12.5 Å². The lowest BCUT2D eigenvalue weighted by Gasteiger charge is -2.14. The van der Waals surface area contributed by atoms with E-state index in [4.69, 9.17) is 9.15 Å². The number of aromatic nitrogens is 2. The van der Waals surface area contributed by atoms with Gasteiger partial charge in [0.05, 0.1) is 12.8 Å². The molecule has 1 unspecified atom stereocenters. The molecule has 21 heavy (non-hydrogen) atoms. The van der Waals surface area contributed by atoms with E-state index in [2.05, 4.69) is 10.2 Å². The predicted molar refractivity (Wildman–Crippen MR) is 75.4 cm³/mol. The fourth-order valence-electron chi connectivity index (χ4n) is 2.19. The summed E-state index contributed by atoms with van der Waals surface area (Å²) in [7, 11) is 0. The highest BCUT2D eigenvalue weighted by atomic mass is 16.5. The van der Waals surface area contributed by atoms with E-state index in [0.29, 0.717) is 24.7 Å². The molecule has 0 saturated carbocycles. The van der Waals surface area contributed by atoms with Crippen molar-refractivity contribution in [1.29, 1.82) is 0 Å². The Morgan fingerprint density at radius 1 is 1.43 bits per heavy atom. The van der Waals surface area contributed by atoms with Gasteiger partial charge < -0.3 is 14.1 Å². The van der Waals surface area contributed by atoms with Crippen LogP contribution in [0.2, 0.25) is 0 Å².